The van der Waals surface area contributed by atoms with Crippen LogP contribution in [0.15, 0.2) is 139 Å². The van der Waals surface area contributed by atoms with Crippen LogP contribution in [0.5, 0.6) is 5.75 Å². The molecule has 0 amide bonds. The van der Waals surface area contributed by atoms with Crippen LogP contribution in [0.4, 0.5) is 0 Å². The molecule has 0 unspecified atom stereocenters. The summed E-state index contributed by atoms with van der Waals surface area (Å²) in [5.41, 5.74) is -19.9. The van der Waals surface area contributed by atoms with Crippen LogP contribution in [0.2, 0.25) is 0 Å². The van der Waals surface area contributed by atoms with Crippen molar-refractivity contribution < 1.29 is 53.1 Å². The third kappa shape index (κ3) is 9.06. The lowest BCUT2D eigenvalue weighted by Crippen LogP contribution is -2.17. The highest BCUT2D eigenvalue weighted by Gasteiger charge is 2.30. The molecule has 0 radical (unpaired) electrons. The molecule has 332 valence electrons. The molecule has 0 aliphatic heterocycles. The zero-order chi connectivity index (χ0) is 76.3. The fourth-order valence-corrected chi connectivity index (χ4v) is 7.51. The number of pyridine rings is 1. The number of para-hydroxylation sites is 1. The summed E-state index contributed by atoms with van der Waals surface area (Å²) in [5.74, 6) is -3.57. The maximum absolute atomic E-state index is 13.1. The van der Waals surface area contributed by atoms with Gasteiger partial charge in [0, 0.05) is 66.8 Å². The van der Waals surface area contributed by atoms with Crippen LogP contribution < -0.4 is 0 Å². The van der Waals surface area contributed by atoms with Gasteiger partial charge in [-0.2, -0.15) is 0 Å². The van der Waals surface area contributed by atoms with Gasteiger partial charge >= 0.3 is 0 Å². The molecule has 0 fully saturated rings. The molecule has 1 N–H and O–H groups in total. The highest BCUT2D eigenvalue weighted by Crippen LogP contribution is 2.46. The van der Waals surface area contributed by atoms with E-state index in [1.165, 1.54) is 47.0 Å². The lowest BCUT2D eigenvalue weighted by Gasteiger charge is -2.27. The number of phenolic OH excluding ortho intramolecular Hbond substituents is 1. The van der Waals surface area contributed by atoms with E-state index in [1.54, 1.807) is 77.1 Å². The van der Waals surface area contributed by atoms with Crippen molar-refractivity contribution in [3.05, 3.63) is 167 Å². The van der Waals surface area contributed by atoms with Crippen LogP contribution in [-0.4, -0.2) is 19.6 Å². The van der Waals surface area contributed by atoms with Crippen LogP contribution in [-0.2, 0) is 21.7 Å². The Kier molecular flexibility index (Phi) is 4.94. The second kappa shape index (κ2) is 16.6. The Morgan fingerprint density at radius 1 is 0.585 bits per heavy atom. The average molecular weight is 893 g/mol. The standard InChI is InChI=1S/C61H67N3O/c1-38(2)41-25-28-53(49(34-41)40-19-16-15-17-20-40)64-54-22-18-21-48(55(54)63-57(64)50-36-47(60(9,10)11)37-51(56(50)65)61(12,13)14)43-31-44(33-46(32-43)59(6,7)8)52-35-42(29-30-62-52)39-23-26-45(27-24-39)58(3,4)5/h15-38,65H,1-14H3/i3D3,4D3,5D3,9D3,10D3,11D3,12D3,13D3,14D3,23D,24D,26D,27D,29D,30D,35D,38D. The van der Waals surface area contributed by atoms with Gasteiger partial charge in [-0.05, 0) is 121 Å². The van der Waals surface area contributed by atoms with Crippen LogP contribution in [0.1, 0.15) is 178 Å². The number of aromatic nitrogens is 3. The first kappa shape index (κ1) is 19.3. The SMILES string of the molecule is [2H]c1nc(-c2cc(-c3cccc4c3nc(-c3cc(C(C([2H])([2H])[2H])(C([2H])([2H])[2H])C([2H])([2H])[2H])cc(C(C([2H])([2H])[2H])(C([2H])([2H])[2H])C([2H])([2H])[2H])c3O)n4-c3ccc(C([2H])(C)C)cc3-c3ccccc3)cc(C(C)(C)C)c2)c([2H])c(-c2c([2H])c([2H])c(C(C([2H])([2H])[2H])(C([2H])([2H])[2H])C([2H])([2H])[2H])c([2H])c2[2H])c1[2H]. The number of aromatic hydroxyl groups is 1. The molecule has 6 aromatic carbocycles. The highest BCUT2D eigenvalue weighted by atomic mass is 16.3. The summed E-state index contributed by atoms with van der Waals surface area (Å²) in [6, 6.07) is 15.2. The van der Waals surface area contributed by atoms with E-state index >= 15 is 0 Å². The number of hydrogen-bond acceptors (Lipinski definition) is 3. The van der Waals surface area contributed by atoms with Gasteiger partial charge in [-0.3, -0.25) is 9.55 Å². The Morgan fingerprint density at radius 3 is 1.94 bits per heavy atom. The van der Waals surface area contributed by atoms with Gasteiger partial charge in [0.1, 0.15) is 11.6 Å². The normalized spacial score (nSPS) is 22.4. The largest absolute Gasteiger partial charge is 0.507 e. The number of hydrogen-bond donors (Lipinski definition) is 1. The van der Waals surface area contributed by atoms with Gasteiger partial charge in [0.15, 0.2) is 0 Å². The van der Waals surface area contributed by atoms with E-state index in [1.807, 2.05) is 0 Å². The Balaban J connectivity index is 1.61. The molecule has 0 bridgehead atoms. The number of benzene rings is 6. The molecule has 0 aliphatic carbocycles. The van der Waals surface area contributed by atoms with Gasteiger partial charge < -0.3 is 5.11 Å². The van der Waals surface area contributed by atoms with E-state index < -0.39 is 182 Å². The summed E-state index contributed by atoms with van der Waals surface area (Å²) >= 11 is 0. The lowest BCUT2D eigenvalue weighted by atomic mass is 9.79. The zero-order valence-electron chi connectivity index (χ0n) is 71.0. The van der Waals surface area contributed by atoms with Crippen molar-refractivity contribution in [2.45, 2.75) is 124 Å². The minimum absolute atomic E-state index is 0.0287. The monoisotopic (exact) mass is 893 g/mol. The van der Waals surface area contributed by atoms with E-state index in [-0.39, 0.29) is 45.0 Å². The Hall–Kier alpha value is -6.26. The van der Waals surface area contributed by atoms with Gasteiger partial charge in [0.2, 0.25) is 0 Å². The Bertz CT molecular complexity index is 4380. The second-order valence-corrected chi connectivity index (χ2v) is 17.2. The van der Waals surface area contributed by atoms with Crippen molar-refractivity contribution >= 4 is 11.0 Å². The molecule has 0 aliphatic rings. The van der Waals surface area contributed by atoms with Crippen molar-refractivity contribution in [1.82, 2.24) is 14.5 Å². The molecule has 0 saturated carbocycles. The summed E-state index contributed by atoms with van der Waals surface area (Å²) < 4.78 is 308. The maximum Gasteiger partial charge on any atom is 0.149 e. The fourth-order valence-electron chi connectivity index (χ4n) is 7.51. The first-order valence-electron chi connectivity index (χ1n) is 37.8. The second-order valence-electron chi connectivity index (χ2n) is 17.2. The summed E-state index contributed by atoms with van der Waals surface area (Å²) in [5, 5.41) is 13.1. The van der Waals surface area contributed by atoms with Crippen molar-refractivity contribution in [1.29, 1.82) is 0 Å². The Morgan fingerprint density at radius 2 is 1.26 bits per heavy atom. The molecular formula is C61H67N3O. The summed E-state index contributed by atoms with van der Waals surface area (Å²) in [7, 11) is 0. The lowest BCUT2D eigenvalue weighted by molar-refractivity contribution is 0.446. The van der Waals surface area contributed by atoms with Crippen molar-refractivity contribution in [2.75, 3.05) is 0 Å². The van der Waals surface area contributed by atoms with E-state index in [4.69, 9.17) is 48.8 Å². The Labute approximate surface area is 437 Å². The molecule has 2 heterocycles. The van der Waals surface area contributed by atoms with E-state index in [0.717, 1.165) is 0 Å². The molecule has 65 heavy (non-hydrogen) atoms. The first-order valence-corrected chi connectivity index (χ1v) is 20.3. The van der Waals surface area contributed by atoms with Crippen LogP contribution in [0.3, 0.4) is 0 Å². The highest BCUT2D eigenvalue weighted by molar-refractivity contribution is 5.98. The molecule has 4 heteroatoms. The number of fused-ring (bicyclic) bond motifs is 1. The summed E-state index contributed by atoms with van der Waals surface area (Å²) in [6.45, 7) is -29.2. The smallest absolute Gasteiger partial charge is 0.149 e. The van der Waals surface area contributed by atoms with Crippen LogP contribution in [0.25, 0.3) is 72.7 Å². The predicted octanol–water partition coefficient (Wildman–Crippen LogP) is 16.8. The molecule has 8 aromatic rings. The minimum atomic E-state index is -4.32. The third-order valence-electron chi connectivity index (χ3n) is 11.0. The van der Waals surface area contributed by atoms with Crippen molar-refractivity contribution in [3.63, 3.8) is 0 Å². The van der Waals surface area contributed by atoms with E-state index in [0.29, 0.717) is 22.8 Å². The fraction of sp³-hybridized carbons (Fsp3) is 0.311. The minimum Gasteiger partial charge on any atom is -0.507 e. The van der Waals surface area contributed by atoms with Crippen LogP contribution >= 0.6 is 0 Å². The first-order chi connectivity index (χ1) is 45.0. The summed E-state index contributed by atoms with van der Waals surface area (Å²) in [4.78, 5) is 9.34. The van der Waals surface area contributed by atoms with Gasteiger partial charge in [-0.1, -0.05) is 181 Å². The number of imidazole rings is 1. The molecule has 8 rings (SSSR count). The number of phenols is 1. The summed E-state index contributed by atoms with van der Waals surface area (Å²) in [6.07, 6.45) is -0.952. The molecule has 0 atom stereocenters. The average Bonchev–Trinajstić information content (AvgIpc) is 0.782. The maximum atomic E-state index is 13.1. The molecule has 0 spiro atoms. The van der Waals surface area contributed by atoms with Crippen LogP contribution in [0, 0.1) is 0 Å². The zero-order valence-corrected chi connectivity index (χ0v) is 36.0. The van der Waals surface area contributed by atoms with E-state index in [9.17, 15) is 9.22 Å². The molecular weight excluding hydrogens is 791 g/mol. The van der Waals surface area contributed by atoms with Gasteiger partial charge in [-0.15, -0.1) is 0 Å². The molecule has 4 nitrogen and oxygen atoms in total. The third-order valence-corrected chi connectivity index (χ3v) is 11.0. The topological polar surface area (TPSA) is 50.9 Å². The molecule has 2 aromatic heterocycles. The molecule has 0 saturated heterocycles. The van der Waals surface area contributed by atoms with Crippen molar-refractivity contribution in [3.8, 4) is 67.5 Å². The van der Waals surface area contributed by atoms with Crippen molar-refractivity contribution in [2.24, 2.45) is 0 Å². The van der Waals surface area contributed by atoms with Gasteiger partial charge in [0.05, 0.1) is 37.6 Å². The predicted molar refractivity (Wildman–Crippen MR) is 277 cm³/mol. The number of rotatable bonds is 7. The quantitative estimate of drug-likeness (QED) is 0.173. The van der Waals surface area contributed by atoms with E-state index in [2.05, 4.69) is 4.98 Å². The van der Waals surface area contributed by atoms with Gasteiger partial charge in [0.25, 0.3) is 0 Å². The van der Waals surface area contributed by atoms with Gasteiger partial charge in [-0.25, -0.2) is 4.98 Å². The number of nitrogens with zero attached hydrogens (tertiary/aromatic N) is 3.